The van der Waals surface area contributed by atoms with Crippen LogP contribution in [0.4, 0.5) is 8.78 Å². The van der Waals surface area contributed by atoms with Crippen LogP contribution in [-0.2, 0) is 5.41 Å². The van der Waals surface area contributed by atoms with E-state index in [1.807, 2.05) is 12.1 Å². The fourth-order valence-corrected chi connectivity index (χ4v) is 3.45. The predicted molar refractivity (Wildman–Crippen MR) is 69.6 cm³/mol. The quantitative estimate of drug-likeness (QED) is 0.900. The Labute approximate surface area is 108 Å². The average molecular weight is 265 g/mol. The van der Waals surface area contributed by atoms with Crippen molar-refractivity contribution < 1.29 is 8.78 Å². The number of thiophene rings is 1. The summed E-state index contributed by atoms with van der Waals surface area (Å²) in [5.41, 5.74) is 6.36. The van der Waals surface area contributed by atoms with Gasteiger partial charge in [-0.05, 0) is 37.1 Å². The Morgan fingerprint density at radius 3 is 2.56 bits per heavy atom. The van der Waals surface area contributed by atoms with Crippen molar-refractivity contribution in [3.8, 4) is 10.4 Å². The van der Waals surface area contributed by atoms with Crippen molar-refractivity contribution in [1.29, 1.82) is 0 Å². The van der Waals surface area contributed by atoms with Gasteiger partial charge in [0, 0.05) is 33.3 Å². The summed E-state index contributed by atoms with van der Waals surface area (Å²) in [6, 6.07) is 7.61. The van der Waals surface area contributed by atoms with Crippen LogP contribution in [0.5, 0.6) is 0 Å². The standard InChI is InChI=1S/C14H13F2NS/c15-9-1-2-10(11(16)7-9)12-3-4-13(18-12)14(8-17)5-6-14/h1-4,7H,5-6,8,17H2. The first-order chi connectivity index (χ1) is 8.64. The summed E-state index contributed by atoms with van der Waals surface area (Å²) in [7, 11) is 0. The Bertz CT molecular complexity index is 587. The second kappa shape index (κ2) is 4.14. The van der Waals surface area contributed by atoms with Gasteiger partial charge >= 0.3 is 0 Å². The normalized spacial score (nSPS) is 16.8. The van der Waals surface area contributed by atoms with E-state index < -0.39 is 11.6 Å². The van der Waals surface area contributed by atoms with E-state index in [1.165, 1.54) is 17.0 Å². The number of benzene rings is 1. The highest BCUT2D eigenvalue weighted by molar-refractivity contribution is 7.15. The molecule has 1 aromatic heterocycles. The van der Waals surface area contributed by atoms with Gasteiger partial charge in [0.25, 0.3) is 0 Å². The van der Waals surface area contributed by atoms with Crippen molar-refractivity contribution in [3.63, 3.8) is 0 Å². The average Bonchev–Trinajstić information content (AvgIpc) is 3.00. The molecule has 3 rings (SSSR count). The van der Waals surface area contributed by atoms with E-state index in [9.17, 15) is 8.78 Å². The lowest BCUT2D eigenvalue weighted by molar-refractivity contribution is 0.586. The molecule has 0 saturated heterocycles. The van der Waals surface area contributed by atoms with Crippen molar-refractivity contribution in [3.05, 3.63) is 46.8 Å². The van der Waals surface area contributed by atoms with Crippen molar-refractivity contribution in [2.45, 2.75) is 18.3 Å². The zero-order valence-electron chi connectivity index (χ0n) is 9.75. The molecule has 1 fully saturated rings. The Hall–Kier alpha value is -1.26. The van der Waals surface area contributed by atoms with Crippen LogP contribution in [0.25, 0.3) is 10.4 Å². The van der Waals surface area contributed by atoms with E-state index in [1.54, 1.807) is 11.3 Å². The highest BCUT2D eigenvalue weighted by Crippen LogP contribution is 2.50. The van der Waals surface area contributed by atoms with Crippen LogP contribution in [0.1, 0.15) is 17.7 Å². The largest absolute Gasteiger partial charge is 0.330 e. The molecular weight excluding hydrogens is 252 g/mol. The summed E-state index contributed by atoms with van der Waals surface area (Å²) in [5, 5.41) is 0. The maximum absolute atomic E-state index is 13.7. The first-order valence-corrected chi connectivity index (χ1v) is 6.72. The summed E-state index contributed by atoms with van der Waals surface area (Å²) >= 11 is 1.56. The topological polar surface area (TPSA) is 26.0 Å². The van der Waals surface area contributed by atoms with E-state index in [2.05, 4.69) is 0 Å². The lowest BCUT2D eigenvalue weighted by atomic mass is 10.1. The lowest BCUT2D eigenvalue weighted by Crippen LogP contribution is -2.18. The molecule has 0 amide bonds. The minimum absolute atomic E-state index is 0.124. The van der Waals surface area contributed by atoms with E-state index in [0.29, 0.717) is 12.1 Å². The summed E-state index contributed by atoms with van der Waals surface area (Å²) in [6.07, 6.45) is 2.21. The molecule has 1 aromatic carbocycles. The molecule has 0 unspecified atom stereocenters. The van der Waals surface area contributed by atoms with Crippen molar-refractivity contribution in [1.82, 2.24) is 0 Å². The summed E-state index contributed by atoms with van der Waals surface area (Å²) in [5.74, 6) is -1.06. The predicted octanol–water partition coefficient (Wildman–Crippen LogP) is 3.68. The molecular formula is C14H13F2NS. The molecule has 0 radical (unpaired) electrons. The van der Waals surface area contributed by atoms with Crippen LogP contribution in [0, 0.1) is 11.6 Å². The molecule has 0 atom stereocenters. The molecule has 2 aromatic rings. The van der Waals surface area contributed by atoms with E-state index in [0.717, 1.165) is 23.8 Å². The summed E-state index contributed by atoms with van der Waals surface area (Å²) in [4.78, 5) is 2.05. The molecule has 94 valence electrons. The molecule has 0 bridgehead atoms. The van der Waals surface area contributed by atoms with Crippen LogP contribution in [0.3, 0.4) is 0 Å². The Morgan fingerprint density at radius 1 is 1.17 bits per heavy atom. The van der Waals surface area contributed by atoms with Crippen molar-refractivity contribution in [2.24, 2.45) is 5.73 Å². The monoisotopic (exact) mass is 265 g/mol. The first-order valence-electron chi connectivity index (χ1n) is 5.90. The van der Waals surface area contributed by atoms with Crippen molar-refractivity contribution >= 4 is 11.3 Å². The van der Waals surface area contributed by atoms with Crippen LogP contribution in [0.2, 0.25) is 0 Å². The molecule has 18 heavy (non-hydrogen) atoms. The molecule has 1 nitrogen and oxygen atoms in total. The van der Waals surface area contributed by atoms with E-state index >= 15 is 0 Å². The number of rotatable bonds is 3. The second-order valence-corrected chi connectivity index (χ2v) is 5.86. The zero-order valence-corrected chi connectivity index (χ0v) is 10.6. The third kappa shape index (κ3) is 1.85. The van der Waals surface area contributed by atoms with Gasteiger partial charge in [-0.25, -0.2) is 8.78 Å². The van der Waals surface area contributed by atoms with Crippen LogP contribution < -0.4 is 5.73 Å². The van der Waals surface area contributed by atoms with E-state index in [-0.39, 0.29) is 5.41 Å². The summed E-state index contributed by atoms with van der Waals surface area (Å²) < 4.78 is 26.6. The third-order valence-corrected chi connectivity index (χ3v) is 4.93. The van der Waals surface area contributed by atoms with Crippen LogP contribution in [-0.4, -0.2) is 6.54 Å². The van der Waals surface area contributed by atoms with Gasteiger partial charge < -0.3 is 5.73 Å². The van der Waals surface area contributed by atoms with Gasteiger partial charge in [0.15, 0.2) is 0 Å². The number of hydrogen-bond donors (Lipinski definition) is 1. The van der Waals surface area contributed by atoms with Crippen LogP contribution >= 0.6 is 11.3 Å². The van der Waals surface area contributed by atoms with Gasteiger partial charge in [0.2, 0.25) is 0 Å². The molecule has 0 aliphatic heterocycles. The molecule has 1 aliphatic rings. The fraction of sp³-hybridized carbons (Fsp3) is 0.286. The van der Waals surface area contributed by atoms with Crippen molar-refractivity contribution in [2.75, 3.05) is 6.54 Å². The Morgan fingerprint density at radius 2 is 1.94 bits per heavy atom. The van der Waals surface area contributed by atoms with Gasteiger partial charge in [0.1, 0.15) is 11.6 Å². The maximum Gasteiger partial charge on any atom is 0.134 e. The molecule has 1 saturated carbocycles. The molecule has 1 aliphatic carbocycles. The summed E-state index contributed by atoms with van der Waals surface area (Å²) in [6.45, 7) is 0.638. The van der Waals surface area contributed by atoms with Gasteiger partial charge in [0.05, 0.1) is 0 Å². The number of halogens is 2. The molecule has 4 heteroatoms. The van der Waals surface area contributed by atoms with Gasteiger partial charge in [-0.1, -0.05) is 0 Å². The SMILES string of the molecule is NCC1(c2ccc(-c3ccc(F)cc3F)s2)CC1. The first kappa shape index (κ1) is 11.8. The van der Waals surface area contributed by atoms with Crippen LogP contribution in [0.15, 0.2) is 30.3 Å². The fourth-order valence-electron chi connectivity index (χ4n) is 2.16. The third-order valence-electron chi connectivity index (χ3n) is 3.57. The second-order valence-electron chi connectivity index (χ2n) is 4.77. The van der Waals surface area contributed by atoms with Gasteiger partial charge in [-0.3, -0.25) is 0 Å². The zero-order chi connectivity index (χ0) is 12.8. The lowest BCUT2D eigenvalue weighted by Gasteiger charge is -2.08. The minimum Gasteiger partial charge on any atom is -0.330 e. The molecule has 0 spiro atoms. The minimum atomic E-state index is -0.548. The number of hydrogen-bond acceptors (Lipinski definition) is 2. The molecule has 1 heterocycles. The van der Waals surface area contributed by atoms with Gasteiger partial charge in [-0.2, -0.15) is 0 Å². The Balaban J connectivity index is 1.98. The highest BCUT2D eigenvalue weighted by atomic mass is 32.1. The smallest absolute Gasteiger partial charge is 0.134 e. The maximum atomic E-state index is 13.7. The highest BCUT2D eigenvalue weighted by Gasteiger charge is 2.44. The Kier molecular flexibility index (Phi) is 2.72. The van der Waals surface area contributed by atoms with E-state index in [4.69, 9.17) is 5.73 Å². The number of nitrogens with two attached hydrogens (primary N) is 1. The molecule has 2 N–H and O–H groups in total. The van der Waals surface area contributed by atoms with Gasteiger partial charge in [-0.15, -0.1) is 11.3 Å².